The van der Waals surface area contributed by atoms with Gasteiger partial charge in [-0.05, 0) is 37.3 Å². The van der Waals surface area contributed by atoms with Gasteiger partial charge in [-0.25, -0.2) is 9.50 Å². The van der Waals surface area contributed by atoms with Crippen LogP contribution in [0.2, 0.25) is 0 Å². The van der Waals surface area contributed by atoms with Crippen molar-refractivity contribution >= 4 is 29.0 Å². The summed E-state index contributed by atoms with van der Waals surface area (Å²) >= 11 is 1.50. The van der Waals surface area contributed by atoms with Gasteiger partial charge in [0.25, 0.3) is 5.78 Å². The van der Waals surface area contributed by atoms with E-state index in [4.69, 9.17) is 4.74 Å². The number of rotatable bonds is 7. The molecule has 0 saturated heterocycles. The van der Waals surface area contributed by atoms with Gasteiger partial charge in [-0.15, -0.1) is 11.3 Å². The standard InChI is InChI=1S/C18H21N5O3S/c1-11-13(12(2)23-18(21-11)19-10-20-23)6-7-16(24)22-14(9-17(25)26-3)15-5-4-8-27-15/h4-5,8,10,14H,6-7,9H2,1-3H3,(H,22,24). The third-order valence-electron chi connectivity index (χ3n) is 4.41. The molecule has 0 bridgehead atoms. The van der Waals surface area contributed by atoms with Crippen molar-refractivity contribution in [3.8, 4) is 0 Å². The lowest BCUT2D eigenvalue weighted by Crippen LogP contribution is -2.30. The zero-order valence-electron chi connectivity index (χ0n) is 15.4. The minimum Gasteiger partial charge on any atom is -0.469 e. The molecule has 27 heavy (non-hydrogen) atoms. The van der Waals surface area contributed by atoms with Crippen LogP contribution < -0.4 is 5.32 Å². The number of hydrogen-bond donors (Lipinski definition) is 1. The lowest BCUT2D eigenvalue weighted by atomic mass is 10.1. The van der Waals surface area contributed by atoms with Gasteiger partial charge in [-0.3, -0.25) is 9.59 Å². The maximum absolute atomic E-state index is 12.5. The van der Waals surface area contributed by atoms with Gasteiger partial charge in [0.05, 0.1) is 19.6 Å². The molecule has 0 radical (unpaired) electrons. The molecular formula is C18H21N5O3S. The Morgan fingerprint density at radius 2 is 2.19 bits per heavy atom. The molecule has 1 unspecified atom stereocenters. The van der Waals surface area contributed by atoms with Gasteiger partial charge < -0.3 is 10.1 Å². The molecular weight excluding hydrogens is 366 g/mol. The molecule has 3 heterocycles. The molecule has 0 aliphatic carbocycles. The maximum Gasteiger partial charge on any atom is 0.307 e. The van der Waals surface area contributed by atoms with Crippen LogP contribution in [0.5, 0.6) is 0 Å². The Bertz CT molecular complexity index is 951. The number of hydrogen-bond acceptors (Lipinski definition) is 7. The van der Waals surface area contributed by atoms with Crippen molar-refractivity contribution in [2.75, 3.05) is 7.11 Å². The van der Waals surface area contributed by atoms with E-state index < -0.39 is 0 Å². The highest BCUT2D eigenvalue weighted by Crippen LogP contribution is 2.23. The number of carbonyl (C=O) groups is 2. The summed E-state index contributed by atoms with van der Waals surface area (Å²) in [4.78, 5) is 33.6. The van der Waals surface area contributed by atoms with Gasteiger partial charge in [0, 0.05) is 22.7 Å². The molecule has 3 rings (SSSR count). The quantitative estimate of drug-likeness (QED) is 0.624. The van der Waals surface area contributed by atoms with Crippen molar-refractivity contribution in [2.45, 2.75) is 39.2 Å². The Balaban J connectivity index is 1.69. The van der Waals surface area contributed by atoms with E-state index >= 15 is 0 Å². The van der Waals surface area contributed by atoms with E-state index in [1.54, 1.807) is 4.52 Å². The Labute approximate surface area is 160 Å². The molecule has 0 aromatic carbocycles. The molecule has 0 aliphatic heterocycles. The minimum atomic E-state index is -0.386. The van der Waals surface area contributed by atoms with Crippen LogP contribution in [-0.4, -0.2) is 38.6 Å². The average Bonchev–Trinajstić information content (AvgIpc) is 3.32. The lowest BCUT2D eigenvalue weighted by molar-refractivity contribution is -0.141. The third kappa shape index (κ3) is 4.30. The number of esters is 1. The van der Waals surface area contributed by atoms with E-state index in [1.165, 1.54) is 24.8 Å². The second-order valence-corrected chi connectivity index (χ2v) is 7.13. The van der Waals surface area contributed by atoms with Gasteiger partial charge >= 0.3 is 5.97 Å². The van der Waals surface area contributed by atoms with Crippen molar-refractivity contribution in [3.05, 3.63) is 45.7 Å². The van der Waals surface area contributed by atoms with Crippen molar-refractivity contribution in [2.24, 2.45) is 0 Å². The van der Waals surface area contributed by atoms with Crippen molar-refractivity contribution in [3.63, 3.8) is 0 Å². The fraction of sp³-hybridized carbons (Fsp3) is 0.389. The lowest BCUT2D eigenvalue weighted by Gasteiger charge is -2.17. The van der Waals surface area contributed by atoms with Gasteiger partial charge in [-0.2, -0.15) is 10.1 Å². The molecule has 8 nitrogen and oxygen atoms in total. The van der Waals surface area contributed by atoms with E-state index in [-0.39, 0.29) is 30.8 Å². The molecule has 3 aromatic rings. The molecule has 0 aliphatic rings. The van der Waals surface area contributed by atoms with Crippen LogP contribution in [0.1, 0.15) is 40.7 Å². The Kier molecular flexibility index (Phi) is 5.80. The van der Waals surface area contributed by atoms with Crippen LogP contribution >= 0.6 is 11.3 Å². The minimum absolute atomic E-state index is 0.104. The van der Waals surface area contributed by atoms with Gasteiger partial charge in [-0.1, -0.05) is 6.07 Å². The summed E-state index contributed by atoms with van der Waals surface area (Å²) in [6, 6.07) is 3.40. The highest BCUT2D eigenvalue weighted by atomic mass is 32.1. The van der Waals surface area contributed by atoms with Crippen molar-refractivity contribution in [1.29, 1.82) is 0 Å². The predicted octanol–water partition coefficient (Wildman–Crippen LogP) is 2.16. The molecule has 0 spiro atoms. The molecule has 0 fully saturated rings. The number of fused-ring (bicyclic) bond motifs is 1. The molecule has 1 atom stereocenters. The third-order valence-corrected chi connectivity index (χ3v) is 5.40. The molecule has 142 valence electrons. The average molecular weight is 387 g/mol. The van der Waals surface area contributed by atoms with Crippen LogP contribution in [0.4, 0.5) is 0 Å². The number of amides is 1. The zero-order valence-corrected chi connectivity index (χ0v) is 16.2. The van der Waals surface area contributed by atoms with Crippen LogP contribution in [0.15, 0.2) is 23.8 Å². The van der Waals surface area contributed by atoms with Gasteiger partial charge in [0.15, 0.2) is 0 Å². The largest absolute Gasteiger partial charge is 0.469 e. The predicted molar refractivity (Wildman–Crippen MR) is 100 cm³/mol. The second-order valence-electron chi connectivity index (χ2n) is 6.15. The second kappa shape index (κ2) is 8.26. The summed E-state index contributed by atoms with van der Waals surface area (Å²) in [5.74, 6) is 0.0602. The number of thiophene rings is 1. The van der Waals surface area contributed by atoms with Crippen LogP contribution in [0, 0.1) is 13.8 Å². The summed E-state index contributed by atoms with van der Waals surface area (Å²) < 4.78 is 6.42. The first-order chi connectivity index (χ1) is 13.0. The molecule has 9 heteroatoms. The van der Waals surface area contributed by atoms with Crippen LogP contribution in [-0.2, 0) is 20.7 Å². The number of aryl methyl sites for hydroxylation is 2. The number of carbonyl (C=O) groups excluding carboxylic acids is 2. The highest BCUT2D eigenvalue weighted by molar-refractivity contribution is 7.10. The molecule has 3 aromatic heterocycles. The fourth-order valence-electron chi connectivity index (χ4n) is 2.98. The first-order valence-electron chi connectivity index (χ1n) is 8.55. The van der Waals surface area contributed by atoms with E-state index in [1.807, 2.05) is 31.4 Å². The smallest absolute Gasteiger partial charge is 0.307 e. The van der Waals surface area contributed by atoms with Crippen LogP contribution in [0.3, 0.4) is 0 Å². The van der Waals surface area contributed by atoms with Crippen LogP contribution in [0.25, 0.3) is 5.78 Å². The first-order valence-corrected chi connectivity index (χ1v) is 9.43. The normalized spacial score (nSPS) is 12.1. The Morgan fingerprint density at radius 3 is 2.89 bits per heavy atom. The number of ether oxygens (including phenoxy) is 1. The highest BCUT2D eigenvalue weighted by Gasteiger charge is 2.20. The number of methoxy groups -OCH3 is 1. The number of aromatic nitrogens is 4. The van der Waals surface area contributed by atoms with E-state index in [0.717, 1.165) is 21.8 Å². The van der Waals surface area contributed by atoms with E-state index in [2.05, 4.69) is 20.4 Å². The van der Waals surface area contributed by atoms with Gasteiger partial charge in [0.2, 0.25) is 5.91 Å². The SMILES string of the molecule is COC(=O)CC(NC(=O)CCc1c(C)nc2ncnn2c1C)c1cccs1. The van der Waals surface area contributed by atoms with E-state index in [0.29, 0.717) is 12.2 Å². The molecule has 0 saturated carbocycles. The Morgan fingerprint density at radius 1 is 1.37 bits per heavy atom. The first kappa shape index (κ1) is 19.0. The maximum atomic E-state index is 12.5. The monoisotopic (exact) mass is 387 g/mol. The molecule has 1 N–H and O–H groups in total. The summed E-state index contributed by atoms with van der Waals surface area (Å²) in [5, 5.41) is 9.02. The van der Waals surface area contributed by atoms with Gasteiger partial charge in [0.1, 0.15) is 6.33 Å². The number of nitrogens with zero attached hydrogens (tertiary/aromatic N) is 4. The number of nitrogens with one attached hydrogen (secondary N) is 1. The fourth-order valence-corrected chi connectivity index (χ4v) is 3.76. The molecule has 1 amide bonds. The Hall–Kier alpha value is -2.81. The zero-order chi connectivity index (χ0) is 19.4. The van der Waals surface area contributed by atoms with Crippen molar-refractivity contribution in [1.82, 2.24) is 24.9 Å². The van der Waals surface area contributed by atoms with Crippen molar-refractivity contribution < 1.29 is 14.3 Å². The summed E-state index contributed by atoms with van der Waals surface area (Å²) in [6.07, 6.45) is 2.38. The summed E-state index contributed by atoms with van der Waals surface area (Å²) in [6.45, 7) is 3.84. The summed E-state index contributed by atoms with van der Waals surface area (Å²) in [5.41, 5.74) is 2.74. The topological polar surface area (TPSA) is 98.5 Å². The van der Waals surface area contributed by atoms with E-state index in [9.17, 15) is 9.59 Å². The summed E-state index contributed by atoms with van der Waals surface area (Å²) in [7, 11) is 1.34.